The minimum Gasteiger partial charge on any atom is -0.416 e. The first-order valence-electron chi connectivity index (χ1n) is 13.1. The Labute approximate surface area is 235 Å². The fourth-order valence-electron chi connectivity index (χ4n) is 4.97. The number of benzene rings is 3. The zero-order valence-corrected chi connectivity index (χ0v) is 23.1. The van der Waals surface area contributed by atoms with Crippen LogP contribution < -0.4 is 0 Å². The number of nitrogens with zero attached hydrogens (tertiary/aromatic N) is 5. The van der Waals surface area contributed by atoms with Crippen molar-refractivity contribution in [1.82, 2.24) is 25.0 Å². The van der Waals surface area contributed by atoms with Gasteiger partial charge in [-0.2, -0.15) is 0 Å². The van der Waals surface area contributed by atoms with Crippen LogP contribution in [0, 0.1) is 0 Å². The molecule has 1 saturated heterocycles. The minimum atomic E-state index is 0.102. The van der Waals surface area contributed by atoms with Crippen LogP contribution >= 0.6 is 23.1 Å². The number of hydrogen-bond acceptors (Lipinski definition) is 8. The molecule has 6 rings (SSSR count). The summed E-state index contributed by atoms with van der Waals surface area (Å²) in [7, 11) is 0. The average Bonchev–Trinajstić information content (AvgIpc) is 3.63. The summed E-state index contributed by atoms with van der Waals surface area (Å²) < 4.78 is 6.99. The number of para-hydroxylation sites is 1. The van der Waals surface area contributed by atoms with Crippen LogP contribution in [0.5, 0.6) is 0 Å². The number of thiazole rings is 1. The SMILES string of the molecule is O=C(CSc1nnc(CCc2nc3ccccc3s2)o1)N1CCN(C(c2ccccc2)c2ccccc2)CC1. The van der Waals surface area contributed by atoms with E-state index >= 15 is 0 Å². The zero-order valence-electron chi connectivity index (χ0n) is 21.5. The number of carbonyl (C=O) groups excluding carboxylic acids is 1. The molecule has 3 heterocycles. The lowest BCUT2D eigenvalue weighted by atomic mass is 9.96. The normalized spacial score (nSPS) is 14.3. The molecule has 0 unspecified atom stereocenters. The van der Waals surface area contributed by atoms with Gasteiger partial charge in [0.05, 0.1) is 27.0 Å². The Bertz CT molecular complexity index is 1440. The van der Waals surface area contributed by atoms with Gasteiger partial charge in [-0.05, 0) is 23.3 Å². The number of carbonyl (C=O) groups is 1. The van der Waals surface area contributed by atoms with Crippen LogP contribution in [0.1, 0.15) is 28.1 Å². The van der Waals surface area contributed by atoms with Crippen LogP contribution in [0.2, 0.25) is 0 Å². The summed E-state index contributed by atoms with van der Waals surface area (Å²) in [6, 6.07) is 29.5. The maximum atomic E-state index is 13.0. The molecule has 0 spiro atoms. The van der Waals surface area contributed by atoms with E-state index in [4.69, 9.17) is 4.42 Å². The molecular formula is C30H29N5O2S2. The molecule has 7 nitrogen and oxygen atoms in total. The van der Waals surface area contributed by atoms with E-state index < -0.39 is 0 Å². The standard InChI is InChI=1S/C30H29N5O2S2/c36-28(21-38-30-33-32-26(37-30)15-16-27-31-24-13-7-8-14-25(24)39-27)34-17-19-35(20-18-34)29(22-9-3-1-4-10-22)23-11-5-2-6-12-23/h1-14,29H,15-21H2. The minimum absolute atomic E-state index is 0.102. The molecule has 1 aliphatic heterocycles. The van der Waals surface area contributed by atoms with E-state index in [2.05, 4.69) is 86.8 Å². The zero-order chi connectivity index (χ0) is 26.4. The van der Waals surface area contributed by atoms with Crippen molar-refractivity contribution >= 4 is 39.2 Å². The number of aromatic nitrogens is 3. The van der Waals surface area contributed by atoms with Crippen LogP contribution in [-0.4, -0.2) is 62.8 Å². The van der Waals surface area contributed by atoms with Crippen molar-refractivity contribution in [2.24, 2.45) is 0 Å². The van der Waals surface area contributed by atoms with Crippen molar-refractivity contribution < 1.29 is 9.21 Å². The molecular weight excluding hydrogens is 526 g/mol. The van der Waals surface area contributed by atoms with Crippen molar-refractivity contribution in [3.05, 3.63) is 107 Å². The first-order valence-corrected chi connectivity index (χ1v) is 14.9. The van der Waals surface area contributed by atoms with E-state index in [1.54, 1.807) is 11.3 Å². The van der Waals surface area contributed by atoms with E-state index in [0.717, 1.165) is 30.0 Å². The molecule has 0 aliphatic carbocycles. The maximum absolute atomic E-state index is 13.0. The highest BCUT2D eigenvalue weighted by atomic mass is 32.2. The van der Waals surface area contributed by atoms with Gasteiger partial charge in [0.15, 0.2) is 0 Å². The van der Waals surface area contributed by atoms with E-state index in [1.807, 2.05) is 23.1 Å². The molecule has 0 bridgehead atoms. The van der Waals surface area contributed by atoms with E-state index in [0.29, 0.717) is 36.4 Å². The van der Waals surface area contributed by atoms with E-state index in [-0.39, 0.29) is 11.9 Å². The van der Waals surface area contributed by atoms with Crippen LogP contribution in [0.4, 0.5) is 0 Å². The number of fused-ring (bicyclic) bond motifs is 1. The summed E-state index contributed by atoms with van der Waals surface area (Å²) >= 11 is 3.00. The molecule has 0 saturated carbocycles. The smallest absolute Gasteiger partial charge is 0.277 e. The van der Waals surface area contributed by atoms with E-state index in [9.17, 15) is 4.79 Å². The average molecular weight is 556 g/mol. The highest BCUT2D eigenvalue weighted by molar-refractivity contribution is 7.99. The molecule has 1 aliphatic rings. The summed E-state index contributed by atoms with van der Waals surface area (Å²) in [5.74, 6) is 0.968. The van der Waals surface area contributed by atoms with Crippen molar-refractivity contribution in [3.8, 4) is 0 Å². The Balaban J connectivity index is 1.000. The number of rotatable bonds is 9. The lowest BCUT2D eigenvalue weighted by Gasteiger charge is -2.39. The molecule has 2 aromatic heterocycles. The first-order chi connectivity index (χ1) is 19.2. The Morgan fingerprint density at radius 1 is 0.846 bits per heavy atom. The Morgan fingerprint density at radius 2 is 1.51 bits per heavy atom. The molecule has 3 aromatic carbocycles. The monoisotopic (exact) mass is 555 g/mol. The van der Waals surface area contributed by atoms with Gasteiger partial charge in [-0.15, -0.1) is 21.5 Å². The number of hydrogen-bond donors (Lipinski definition) is 0. The molecule has 5 aromatic rings. The highest BCUT2D eigenvalue weighted by Crippen LogP contribution is 2.30. The van der Waals surface area contributed by atoms with Crippen molar-refractivity contribution in [1.29, 1.82) is 0 Å². The van der Waals surface area contributed by atoms with Crippen LogP contribution in [0.15, 0.2) is 94.6 Å². The topological polar surface area (TPSA) is 75.4 Å². The molecule has 0 radical (unpaired) electrons. The van der Waals surface area contributed by atoms with Gasteiger partial charge < -0.3 is 9.32 Å². The third-order valence-electron chi connectivity index (χ3n) is 6.92. The number of amides is 1. The maximum Gasteiger partial charge on any atom is 0.277 e. The lowest BCUT2D eigenvalue weighted by molar-refractivity contribution is -0.130. The van der Waals surface area contributed by atoms with Gasteiger partial charge in [-0.3, -0.25) is 9.69 Å². The fraction of sp³-hybridized carbons (Fsp3) is 0.267. The predicted octanol–water partition coefficient (Wildman–Crippen LogP) is 5.49. The molecule has 0 atom stereocenters. The first kappa shape index (κ1) is 25.7. The van der Waals surface area contributed by atoms with Gasteiger partial charge in [0.2, 0.25) is 11.8 Å². The molecule has 39 heavy (non-hydrogen) atoms. The van der Waals surface area contributed by atoms with Crippen LogP contribution in [-0.2, 0) is 17.6 Å². The van der Waals surface area contributed by atoms with Gasteiger partial charge in [-0.25, -0.2) is 4.98 Å². The van der Waals surface area contributed by atoms with Crippen molar-refractivity contribution in [2.75, 3.05) is 31.9 Å². The lowest BCUT2D eigenvalue weighted by Crippen LogP contribution is -2.50. The molecule has 198 valence electrons. The number of thioether (sulfide) groups is 1. The molecule has 1 fully saturated rings. The second kappa shape index (κ2) is 12.1. The number of piperazine rings is 1. The van der Waals surface area contributed by atoms with Gasteiger partial charge in [-0.1, -0.05) is 84.6 Å². The highest BCUT2D eigenvalue weighted by Gasteiger charge is 2.28. The summed E-state index contributed by atoms with van der Waals surface area (Å²) in [5.41, 5.74) is 3.57. The fourth-order valence-corrected chi connectivity index (χ4v) is 6.62. The van der Waals surface area contributed by atoms with Crippen molar-refractivity contribution in [2.45, 2.75) is 24.1 Å². The summed E-state index contributed by atoms with van der Waals surface area (Å²) in [6.07, 6.45) is 1.38. The Kier molecular flexibility index (Phi) is 7.99. The largest absolute Gasteiger partial charge is 0.416 e. The summed E-state index contributed by atoms with van der Waals surface area (Å²) in [5, 5.41) is 9.81. The van der Waals surface area contributed by atoms with Crippen molar-refractivity contribution in [3.63, 3.8) is 0 Å². The third kappa shape index (κ3) is 6.21. The molecule has 0 N–H and O–H groups in total. The third-order valence-corrected chi connectivity index (χ3v) is 8.82. The quantitative estimate of drug-likeness (QED) is 0.223. The Hall–Kier alpha value is -3.53. The summed E-state index contributed by atoms with van der Waals surface area (Å²) in [4.78, 5) is 22.1. The van der Waals surface area contributed by atoms with E-state index in [1.165, 1.54) is 27.6 Å². The molecule has 9 heteroatoms. The van der Waals surface area contributed by atoms with Gasteiger partial charge in [0.1, 0.15) is 0 Å². The number of aryl methyl sites for hydroxylation is 2. The second-order valence-electron chi connectivity index (χ2n) is 9.47. The Morgan fingerprint density at radius 3 is 2.21 bits per heavy atom. The second-order valence-corrected chi connectivity index (χ2v) is 11.5. The van der Waals surface area contributed by atoms with Gasteiger partial charge >= 0.3 is 0 Å². The molecule has 1 amide bonds. The van der Waals surface area contributed by atoms with Crippen LogP contribution in [0.3, 0.4) is 0 Å². The van der Waals surface area contributed by atoms with Gasteiger partial charge in [0, 0.05) is 39.0 Å². The van der Waals surface area contributed by atoms with Crippen LogP contribution in [0.25, 0.3) is 10.2 Å². The summed E-state index contributed by atoms with van der Waals surface area (Å²) in [6.45, 7) is 3.04. The van der Waals surface area contributed by atoms with Gasteiger partial charge in [0.25, 0.3) is 5.22 Å². The predicted molar refractivity (Wildman–Crippen MR) is 155 cm³/mol.